The highest BCUT2D eigenvalue weighted by molar-refractivity contribution is 5.90. The number of carboxylic acid groups (broad SMARTS) is 1. The minimum atomic E-state index is -1.07. The zero-order valence-corrected chi connectivity index (χ0v) is 11.3. The average Bonchev–Trinajstić information content (AvgIpc) is 2.46. The van der Waals surface area contributed by atoms with E-state index in [2.05, 4.69) is 27.4 Å². The molecule has 0 amide bonds. The topological polar surface area (TPSA) is 75.1 Å². The van der Waals surface area contributed by atoms with E-state index in [0.717, 1.165) is 12.8 Å². The van der Waals surface area contributed by atoms with Gasteiger partial charge in [0, 0.05) is 18.4 Å². The molecule has 20 heavy (non-hydrogen) atoms. The summed E-state index contributed by atoms with van der Waals surface area (Å²) in [7, 11) is 0. The van der Waals surface area contributed by atoms with Crippen molar-refractivity contribution in [3.8, 4) is 0 Å². The summed E-state index contributed by atoms with van der Waals surface area (Å²) >= 11 is 0. The lowest BCUT2D eigenvalue weighted by Crippen LogP contribution is -2.19. The highest BCUT2D eigenvalue weighted by Gasteiger charge is 2.14. The molecule has 1 heterocycles. The summed E-state index contributed by atoms with van der Waals surface area (Å²) in [5.74, 6) is -0.753. The molecule has 1 unspecified atom stereocenters. The van der Waals surface area contributed by atoms with Crippen LogP contribution in [0.5, 0.6) is 0 Å². The van der Waals surface area contributed by atoms with Gasteiger partial charge in [-0.2, -0.15) is 0 Å². The number of benzene rings is 1. The first-order valence-electron chi connectivity index (χ1n) is 6.51. The first kappa shape index (κ1) is 14.0. The molecule has 0 bridgehead atoms. The van der Waals surface area contributed by atoms with Gasteiger partial charge >= 0.3 is 5.97 Å². The van der Waals surface area contributed by atoms with E-state index in [1.54, 1.807) is 0 Å². The first-order chi connectivity index (χ1) is 9.66. The van der Waals surface area contributed by atoms with E-state index in [4.69, 9.17) is 5.11 Å². The van der Waals surface area contributed by atoms with Gasteiger partial charge in [-0.15, -0.1) is 0 Å². The second-order valence-corrected chi connectivity index (χ2v) is 4.63. The molecule has 0 fully saturated rings. The Hall–Kier alpha value is -2.43. The fourth-order valence-corrected chi connectivity index (χ4v) is 1.93. The van der Waals surface area contributed by atoms with Gasteiger partial charge in [-0.05, 0) is 25.3 Å². The number of aromatic carboxylic acids is 1. The van der Waals surface area contributed by atoms with Gasteiger partial charge in [0.1, 0.15) is 0 Å². The van der Waals surface area contributed by atoms with Crippen molar-refractivity contribution in [1.82, 2.24) is 9.97 Å². The highest BCUT2D eigenvalue weighted by Crippen LogP contribution is 2.12. The maximum atomic E-state index is 11.0. The van der Waals surface area contributed by atoms with Crippen LogP contribution in [-0.2, 0) is 6.42 Å². The molecule has 0 saturated carbocycles. The number of hydrogen-bond acceptors (Lipinski definition) is 4. The lowest BCUT2D eigenvalue weighted by molar-refractivity contribution is 0.0691. The van der Waals surface area contributed by atoms with E-state index in [-0.39, 0.29) is 11.7 Å². The molecule has 0 aliphatic carbocycles. The second kappa shape index (κ2) is 6.65. The van der Waals surface area contributed by atoms with Gasteiger partial charge in [0.05, 0.1) is 0 Å². The molecule has 1 aromatic heterocycles. The van der Waals surface area contributed by atoms with Crippen molar-refractivity contribution in [1.29, 1.82) is 0 Å². The van der Waals surface area contributed by atoms with Gasteiger partial charge < -0.3 is 10.4 Å². The number of nitrogens with one attached hydrogen (secondary N) is 1. The van der Waals surface area contributed by atoms with E-state index in [1.165, 1.54) is 18.0 Å². The molecular formula is C15H17N3O2. The average molecular weight is 271 g/mol. The van der Waals surface area contributed by atoms with Crippen LogP contribution in [0.15, 0.2) is 42.7 Å². The zero-order chi connectivity index (χ0) is 14.4. The summed E-state index contributed by atoms with van der Waals surface area (Å²) in [5.41, 5.74) is 1.22. The predicted molar refractivity (Wildman–Crippen MR) is 76.8 cm³/mol. The van der Waals surface area contributed by atoms with Crippen LogP contribution >= 0.6 is 0 Å². The Morgan fingerprint density at radius 2 is 1.95 bits per heavy atom. The largest absolute Gasteiger partial charge is 0.476 e. The molecule has 0 aliphatic rings. The summed E-state index contributed by atoms with van der Waals surface area (Å²) < 4.78 is 0. The minimum absolute atomic E-state index is 0.0425. The Morgan fingerprint density at radius 1 is 1.25 bits per heavy atom. The number of nitrogens with zero attached hydrogens (tertiary/aromatic N) is 2. The third-order valence-corrected chi connectivity index (χ3v) is 2.99. The van der Waals surface area contributed by atoms with E-state index in [0.29, 0.717) is 5.82 Å². The number of anilines is 1. The maximum absolute atomic E-state index is 11.0. The fraction of sp³-hybridized carbons (Fsp3) is 0.267. The van der Waals surface area contributed by atoms with Gasteiger partial charge in [0.25, 0.3) is 0 Å². The van der Waals surface area contributed by atoms with Crippen molar-refractivity contribution >= 4 is 11.8 Å². The monoisotopic (exact) mass is 271 g/mol. The van der Waals surface area contributed by atoms with Gasteiger partial charge in [-0.1, -0.05) is 30.3 Å². The van der Waals surface area contributed by atoms with Crippen LogP contribution in [0.25, 0.3) is 0 Å². The zero-order valence-electron chi connectivity index (χ0n) is 11.3. The Morgan fingerprint density at radius 3 is 2.65 bits per heavy atom. The van der Waals surface area contributed by atoms with E-state index >= 15 is 0 Å². The van der Waals surface area contributed by atoms with Crippen LogP contribution in [0.3, 0.4) is 0 Å². The Labute approximate surface area is 117 Å². The molecule has 2 aromatic rings. The van der Waals surface area contributed by atoms with Crippen molar-refractivity contribution in [2.24, 2.45) is 0 Å². The standard InChI is InChI=1S/C15H17N3O2/c1-11(7-8-12-5-3-2-4-6-12)18-14-13(15(19)20)16-9-10-17-14/h2-6,9-11H,7-8H2,1H3,(H,17,18)(H,19,20). The highest BCUT2D eigenvalue weighted by atomic mass is 16.4. The summed E-state index contributed by atoms with van der Waals surface area (Å²) in [6.45, 7) is 2.00. The van der Waals surface area contributed by atoms with Gasteiger partial charge in [0.15, 0.2) is 11.5 Å². The Bertz CT molecular complexity index is 572. The number of aromatic nitrogens is 2. The van der Waals surface area contributed by atoms with Crippen molar-refractivity contribution in [3.05, 3.63) is 54.0 Å². The molecule has 0 aliphatic heterocycles. The molecule has 104 valence electrons. The number of carbonyl (C=O) groups is 1. The fourth-order valence-electron chi connectivity index (χ4n) is 1.93. The molecule has 1 aromatic carbocycles. The van der Waals surface area contributed by atoms with Crippen LogP contribution in [0.2, 0.25) is 0 Å². The summed E-state index contributed by atoms with van der Waals surface area (Å²) in [6.07, 6.45) is 4.68. The lowest BCUT2D eigenvalue weighted by Gasteiger charge is -2.15. The number of carboxylic acids is 1. The molecule has 5 nitrogen and oxygen atoms in total. The van der Waals surface area contributed by atoms with Crippen molar-refractivity contribution in [2.75, 3.05) is 5.32 Å². The molecule has 1 atom stereocenters. The quantitative estimate of drug-likeness (QED) is 0.844. The SMILES string of the molecule is CC(CCc1ccccc1)Nc1nccnc1C(=O)O. The molecule has 5 heteroatoms. The van der Waals surface area contributed by atoms with Crippen molar-refractivity contribution in [2.45, 2.75) is 25.8 Å². The third-order valence-electron chi connectivity index (χ3n) is 2.99. The predicted octanol–water partition coefficient (Wildman–Crippen LogP) is 2.61. The van der Waals surface area contributed by atoms with Crippen LogP contribution in [0, 0.1) is 0 Å². The van der Waals surface area contributed by atoms with Crippen LogP contribution in [0.4, 0.5) is 5.82 Å². The minimum Gasteiger partial charge on any atom is -0.476 e. The van der Waals surface area contributed by atoms with Gasteiger partial charge in [-0.3, -0.25) is 0 Å². The molecule has 2 N–H and O–H groups in total. The van der Waals surface area contributed by atoms with Crippen molar-refractivity contribution < 1.29 is 9.90 Å². The van der Waals surface area contributed by atoms with Crippen LogP contribution in [-0.4, -0.2) is 27.1 Å². The van der Waals surface area contributed by atoms with Crippen LogP contribution < -0.4 is 5.32 Å². The second-order valence-electron chi connectivity index (χ2n) is 4.63. The number of rotatable bonds is 6. The first-order valence-corrected chi connectivity index (χ1v) is 6.51. The number of aryl methyl sites for hydroxylation is 1. The smallest absolute Gasteiger partial charge is 0.358 e. The third kappa shape index (κ3) is 3.78. The summed E-state index contributed by atoms with van der Waals surface area (Å²) in [5, 5.41) is 12.2. The molecule has 0 radical (unpaired) electrons. The Balaban J connectivity index is 1.95. The van der Waals surface area contributed by atoms with E-state index in [9.17, 15) is 4.79 Å². The molecule has 0 saturated heterocycles. The number of hydrogen-bond donors (Lipinski definition) is 2. The van der Waals surface area contributed by atoms with E-state index < -0.39 is 5.97 Å². The molecule has 2 rings (SSSR count). The summed E-state index contributed by atoms with van der Waals surface area (Å²) in [4.78, 5) is 18.9. The molecule has 0 spiro atoms. The van der Waals surface area contributed by atoms with Crippen LogP contribution in [0.1, 0.15) is 29.4 Å². The normalized spacial score (nSPS) is 11.8. The van der Waals surface area contributed by atoms with Crippen molar-refractivity contribution in [3.63, 3.8) is 0 Å². The van der Waals surface area contributed by atoms with Gasteiger partial charge in [-0.25, -0.2) is 14.8 Å². The van der Waals surface area contributed by atoms with E-state index in [1.807, 2.05) is 25.1 Å². The lowest BCUT2D eigenvalue weighted by atomic mass is 10.1. The van der Waals surface area contributed by atoms with Gasteiger partial charge in [0.2, 0.25) is 0 Å². The Kier molecular flexibility index (Phi) is 4.65. The summed E-state index contributed by atoms with van der Waals surface area (Å²) in [6, 6.07) is 10.3. The molecular weight excluding hydrogens is 254 g/mol. The maximum Gasteiger partial charge on any atom is 0.358 e.